The normalized spacial score (nSPS) is 21.9. The van der Waals surface area contributed by atoms with Crippen LogP contribution in [0.4, 0.5) is 0 Å². The van der Waals surface area contributed by atoms with Crippen LogP contribution in [-0.2, 0) is 0 Å². The van der Waals surface area contributed by atoms with E-state index in [1.54, 1.807) is 6.07 Å². The average molecular weight is 221 g/mol. The van der Waals surface area contributed by atoms with E-state index >= 15 is 0 Å². The van der Waals surface area contributed by atoms with E-state index in [-0.39, 0.29) is 5.69 Å². The lowest BCUT2D eigenvalue weighted by Crippen LogP contribution is -2.31. The number of carboxylic acid groups (broad SMARTS) is 1. The first-order valence-corrected chi connectivity index (χ1v) is 5.40. The van der Waals surface area contributed by atoms with Crippen molar-refractivity contribution in [3.8, 4) is 0 Å². The van der Waals surface area contributed by atoms with E-state index < -0.39 is 5.97 Å². The first-order chi connectivity index (χ1) is 7.66. The summed E-state index contributed by atoms with van der Waals surface area (Å²) in [5.74, 6) is -0.660. The molecule has 1 aromatic rings. The van der Waals surface area contributed by atoms with Crippen LogP contribution in [0, 0.1) is 0 Å². The standard InChI is InChI=1S/C11H15N3O2/c1-14-4-2-3-8(6-14)9-5-10(11(15)16)13-7-12-9/h5,7-8H,2-4,6H2,1H3,(H,15,16). The number of carbonyl (C=O) groups is 1. The van der Waals surface area contributed by atoms with Crippen LogP contribution in [0.5, 0.6) is 0 Å². The van der Waals surface area contributed by atoms with E-state index in [4.69, 9.17) is 5.11 Å². The van der Waals surface area contributed by atoms with Crippen LogP contribution in [0.25, 0.3) is 0 Å². The van der Waals surface area contributed by atoms with E-state index in [0.29, 0.717) is 5.92 Å². The molecule has 1 aliphatic rings. The van der Waals surface area contributed by atoms with Gasteiger partial charge in [0.25, 0.3) is 0 Å². The summed E-state index contributed by atoms with van der Waals surface area (Å²) in [7, 11) is 2.07. The molecule has 1 N–H and O–H groups in total. The number of likely N-dealkylation sites (tertiary alicyclic amines) is 1. The molecule has 16 heavy (non-hydrogen) atoms. The summed E-state index contributed by atoms with van der Waals surface area (Å²) < 4.78 is 0. The van der Waals surface area contributed by atoms with Crippen LogP contribution >= 0.6 is 0 Å². The van der Waals surface area contributed by atoms with Gasteiger partial charge in [0.1, 0.15) is 6.33 Å². The zero-order valence-electron chi connectivity index (χ0n) is 9.26. The summed E-state index contributed by atoms with van der Waals surface area (Å²) in [4.78, 5) is 21.0. The van der Waals surface area contributed by atoms with Gasteiger partial charge < -0.3 is 10.0 Å². The zero-order chi connectivity index (χ0) is 11.5. The third kappa shape index (κ3) is 2.36. The number of hydrogen-bond donors (Lipinski definition) is 1. The molecule has 0 amide bonds. The van der Waals surface area contributed by atoms with Crippen LogP contribution < -0.4 is 0 Å². The van der Waals surface area contributed by atoms with Gasteiger partial charge in [-0.15, -0.1) is 0 Å². The number of rotatable bonds is 2. The van der Waals surface area contributed by atoms with Gasteiger partial charge >= 0.3 is 5.97 Å². The zero-order valence-corrected chi connectivity index (χ0v) is 9.26. The minimum atomic E-state index is -0.993. The Morgan fingerprint density at radius 1 is 1.56 bits per heavy atom. The Morgan fingerprint density at radius 2 is 2.38 bits per heavy atom. The first kappa shape index (κ1) is 11.0. The van der Waals surface area contributed by atoms with E-state index in [1.165, 1.54) is 6.33 Å². The molecule has 86 valence electrons. The summed E-state index contributed by atoms with van der Waals surface area (Å²) in [5.41, 5.74) is 0.928. The third-order valence-electron chi connectivity index (χ3n) is 2.95. The molecule has 0 spiro atoms. The number of piperidine rings is 1. The van der Waals surface area contributed by atoms with Crippen molar-refractivity contribution in [1.29, 1.82) is 0 Å². The molecule has 1 unspecified atom stereocenters. The SMILES string of the molecule is CN1CCCC(c2cc(C(=O)O)ncn2)C1. The predicted octanol–water partition coefficient (Wildman–Crippen LogP) is 0.984. The summed E-state index contributed by atoms with van der Waals surface area (Å²) in [6.45, 7) is 2.05. The van der Waals surface area contributed by atoms with Crippen LogP contribution in [-0.4, -0.2) is 46.1 Å². The average Bonchev–Trinajstić information content (AvgIpc) is 2.29. The van der Waals surface area contributed by atoms with Crippen molar-refractivity contribution >= 4 is 5.97 Å². The molecule has 0 aromatic carbocycles. The molecule has 0 radical (unpaired) electrons. The fourth-order valence-electron chi connectivity index (χ4n) is 2.12. The highest BCUT2D eigenvalue weighted by molar-refractivity contribution is 5.85. The lowest BCUT2D eigenvalue weighted by Gasteiger charge is -2.29. The number of nitrogens with zero attached hydrogens (tertiary/aromatic N) is 3. The van der Waals surface area contributed by atoms with Crippen LogP contribution in [0.1, 0.15) is 34.9 Å². The fraction of sp³-hybridized carbons (Fsp3) is 0.545. The highest BCUT2D eigenvalue weighted by atomic mass is 16.4. The second-order valence-corrected chi connectivity index (χ2v) is 4.23. The molecule has 0 aliphatic carbocycles. The molecule has 1 fully saturated rings. The van der Waals surface area contributed by atoms with Gasteiger partial charge in [-0.05, 0) is 32.5 Å². The lowest BCUT2D eigenvalue weighted by molar-refractivity contribution is 0.0690. The van der Waals surface area contributed by atoms with E-state index in [2.05, 4.69) is 21.9 Å². The van der Waals surface area contributed by atoms with Crippen LogP contribution in [0.15, 0.2) is 12.4 Å². The number of carboxylic acids is 1. The first-order valence-electron chi connectivity index (χ1n) is 5.40. The molecule has 5 heteroatoms. The lowest BCUT2D eigenvalue weighted by atomic mass is 9.94. The Hall–Kier alpha value is -1.49. The van der Waals surface area contributed by atoms with Crippen molar-refractivity contribution in [1.82, 2.24) is 14.9 Å². The van der Waals surface area contributed by atoms with E-state index in [0.717, 1.165) is 31.6 Å². The van der Waals surface area contributed by atoms with E-state index in [9.17, 15) is 4.79 Å². The molecule has 5 nitrogen and oxygen atoms in total. The monoisotopic (exact) mass is 221 g/mol. The summed E-state index contributed by atoms with van der Waals surface area (Å²) >= 11 is 0. The van der Waals surface area contributed by atoms with Crippen molar-refractivity contribution in [2.45, 2.75) is 18.8 Å². The molecule has 1 atom stereocenters. The highest BCUT2D eigenvalue weighted by Crippen LogP contribution is 2.24. The maximum Gasteiger partial charge on any atom is 0.354 e. The van der Waals surface area contributed by atoms with Crippen LogP contribution in [0.2, 0.25) is 0 Å². The third-order valence-corrected chi connectivity index (χ3v) is 2.95. The minimum absolute atomic E-state index is 0.0817. The summed E-state index contributed by atoms with van der Waals surface area (Å²) in [5, 5.41) is 8.86. The maximum atomic E-state index is 10.8. The van der Waals surface area contributed by atoms with Crippen molar-refractivity contribution in [3.05, 3.63) is 23.8 Å². The van der Waals surface area contributed by atoms with Crippen molar-refractivity contribution in [2.24, 2.45) is 0 Å². The van der Waals surface area contributed by atoms with Gasteiger partial charge in [-0.25, -0.2) is 14.8 Å². The molecule has 2 heterocycles. The number of aromatic nitrogens is 2. The molecule has 0 bridgehead atoms. The van der Waals surface area contributed by atoms with Crippen molar-refractivity contribution in [2.75, 3.05) is 20.1 Å². The van der Waals surface area contributed by atoms with Gasteiger partial charge in [0.05, 0.1) is 0 Å². The molecule has 1 saturated heterocycles. The van der Waals surface area contributed by atoms with Crippen LogP contribution in [0.3, 0.4) is 0 Å². The van der Waals surface area contributed by atoms with Gasteiger partial charge in [-0.3, -0.25) is 0 Å². The summed E-state index contributed by atoms with van der Waals surface area (Å²) in [6.07, 6.45) is 3.54. The Balaban J connectivity index is 2.19. The Morgan fingerprint density at radius 3 is 3.06 bits per heavy atom. The fourth-order valence-corrected chi connectivity index (χ4v) is 2.12. The second-order valence-electron chi connectivity index (χ2n) is 4.23. The molecule has 2 rings (SSSR count). The van der Waals surface area contributed by atoms with Gasteiger partial charge in [0.2, 0.25) is 0 Å². The Labute approximate surface area is 94.1 Å². The summed E-state index contributed by atoms with van der Waals surface area (Å²) in [6, 6.07) is 1.59. The van der Waals surface area contributed by atoms with Gasteiger partial charge in [0.15, 0.2) is 5.69 Å². The molecular formula is C11H15N3O2. The van der Waals surface area contributed by atoms with Gasteiger partial charge in [-0.1, -0.05) is 0 Å². The smallest absolute Gasteiger partial charge is 0.354 e. The molecule has 0 saturated carbocycles. The maximum absolute atomic E-state index is 10.8. The predicted molar refractivity (Wildman–Crippen MR) is 58.5 cm³/mol. The van der Waals surface area contributed by atoms with E-state index in [1.807, 2.05) is 0 Å². The topological polar surface area (TPSA) is 66.3 Å². The molecular weight excluding hydrogens is 206 g/mol. The van der Waals surface area contributed by atoms with Crippen molar-refractivity contribution < 1.29 is 9.90 Å². The minimum Gasteiger partial charge on any atom is -0.477 e. The second kappa shape index (κ2) is 4.57. The van der Waals surface area contributed by atoms with Gasteiger partial charge in [0, 0.05) is 18.2 Å². The van der Waals surface area contributed by atoms with Crippen molar-refractivity contribution in [3.63, 3.8) is 0 Å². The largest absolute Gasteiger partial charge is 0.477 e. The number of hydrogen-bond acceptors (Lipinski definition) is 4. The quantitative estimate of drug-likeness (QED) is 0.806. The molecule has 1 aromatic heterocycles. The Bertz CT molecular complexity index is 395. The van der Waals surface area contributed by atoms with Gasteiger partial charge in [-0.2, -0.15) is 0 Å². The number of aromatic carboxylic acids is 1. The molecule has 1 aliphatic heterocycles. The number of likely N-dealkylation sites (N-methyl/N-ethyl adjacent to an activating group) is 1. The highest BCUT2D eigenvalue weighted by Gasteiger charge is 2.21. The Kier molecular flexibility index (Phi) is 3.14.